The highest BCUT2D eigenvalue weighted by atomic mass is 19.1. The Morgan fingerprint density at radius 2 is 2.00 bits per heavy atom. The van der Waals surface area contributed by atoms with E-state index in [4.69, 9.17) is 4.42 Å². The Morgan fingerprint density at radius 1 is 1.20 bits per heavy atom. The SMILES string of the molecule is Cc1nc2ccc(NC(=O)c3cn(-c4ccc(F)cc4)nn3)cc2o1. The van der Waals surface area contributed by atoms with Gasteiger partial charge in [-0.3, -0.25) is 4.79 Å². The smallest absolute Gasteiger partial charge is 0.277 e. The third kappa shape index (κ3) is 2.97. The summed E-state index contributed by atoms with van der Waals surface area (Å²) >= 11 is 0. The van der Waals surface area contributed by atoms with Crippen LogP contribution in [0.25, 0.3) is 16.8 Å². The zero-order valence-electron chi connectivity index (χ0n) is 13.1. The van der Waals surface area contributed by atoms with Crippen molar-refractivity contribution in [3.63, 3.8) is 0 Å². The summed E-state index contributed by atoms with van der Waals surface area (Å²) in [6.07, 6.45) is 1.47. The fourth-order valence-electron chi connectivity index (χ4n) is 2.40. The number of rotatable bonds is 3. The molecule has 2 aromatic carbocycles. The molecule has 0 aliphatic heterocycles. The number of hydrogen-bond acceptors (Lipinski definition) is 5. The number of carbonyl (C=O) groups excluding carboxylic acids is 1. The van der Waals surface area contributed by atoms with Crippen LogP contribution in [0.4, 0.5) is 10.1 Å². The van der Waals surface area contributed by atoms with Crippen LogP contribution in [-0.2, 0) is 0 Å². The summed E-state index contributed by atoms with van der Waals surface area (Å²) in [6.45, 7) is 1.76. The van der Waals surface area contributed by atoms with Gasteiger partial charge in [0.2, 0.25) is 0 Å². The molecule has 0 unspecified atom stereocenters. The molecule has 25 heavy (non-hydrogen) atoms. The van der Waals surface area contributed by atoms with Crippen LogP contribution >= 0.6 is 0 Å². The lowest BCUT2D eigenvalue weighted by Crippen LogP contribution is -2.12. The van der Waals surface area contributed by atoms with Crippen molar-refractivity contribution in [2.24, 2.45) is 0 Å². The van der Waals surface area contributed by atoms with Crippen LogP contribution in [0.15, 0.2) is 53.1 Å². The van der Waals surface area contributed by atoms with Crippen molar-refractivity contribution in [1.29, 1.82) is 0 Å². The molecule has 2 heterocycles. The number of halogens is 1. The Morgan fingerprint density at radius 3 is 2.80 bits per heavy atom. The first kappa shape index (κ1) is 15.0. The van der Waals surface area contributed by atoms with E-state index in [2.05, 4.69) is 20.6 Å². The van der Waals surface area contributed by atoms with Crippen LogP contribution in [0.5, 0.6) is 0 Å². The number of aryl methyl sites for hydroxylation is 1. The molecule has 0 aliphatic carbocycles. The van der Waals surface area contributed by atoms with E-state index in [-0.39, 0.29) is 11.5 Å². The lowest BCUT2D eigenvalue weighted by Gasteiger charge is -2.02. The molecule has 0 saturated carbocycles. The molecule has 8 heteroatoms. The fraction of sp³-hybridized carbons (Fsp3) is 0.0588. The predicted octanol–water partition coefficient (Wildman–Crippen LogP) is 3.11. The molecule has 1 amide bonds. The molecule has 4 rings (SSSR count). The molecule has 0 spiro atoms. The monoisotopic (exact) mass is 337 g/mol. The van der Waals surface area contributed by atoms with Crippen molar-refractivity contribution in [3.05, 3.63) is 66.1 Å². The van der Waals surface area contributed by atoms with Crippen LogP contribution in [0, 0.1) is 12.7 Å². The van der Waals surface area contributed by atoms with Crippen molar-refractivity contribution in [2.45, 2.75) is 6.92 Å². The van der Waals surface area contributed by atoms with E-state index in [1.54, 1.807) is 37.3 Å². The first-order chi connectivity index (χ1) is 12.1. The number of amides is 1. The van der Waals surface area contributed by atoms with Gasteiger partial charge in [0, 0.05) is 18.7 Å². The third-order valence-corrected chi connectivity index (χ3v) is 3.57. The minimum absolute atomic E-state index is 0.137. The number of nitrogens with zero attached hydrogens (tertiary/aromatic N) is 4. The first-order valence-corrected chi connectivity index (χ1v) is 7.45. The van der Waals surface area contributed by atoms with Crippen LogP contribution in [-0.4, -0.2) is 25.9 Å². The maximum absolute atomic E-state index is 13.0. The maximum Gasteiger partial charge on any atom is 0.277 e. The van der Waals surface area contributed by atoms with Gasteiger partial charge in [-0.05, 0) is 36.4 Å². The van der Waals surface area contributed by atoms with Crippen molar-refractivity contribution in [1.82, 2.24) is 20.0 Å². The third-order valence-electron chi connectivity index (χ3n) is 3.57. The van der Waals surface area contributed by atoms with Crippen LogP contribution in [0.3, 0.4) is 0 Å². The number of fused-ring (bicyclic) bond motifs is 1. The Labute approximate surface area is 141 Å². The summed E-state index contributed by atoms with van der Waals surface area (Å²) in [7, 11) is 0. The summed E-state index contributed by atoms with van der Waals surface area (Å²) in [5.74, 6) is -0.204. The summed E-state index contributed by atoms with van der Waals surface area (Å²) in [5, 5.41) is 10.5. The number of benzene rings is 2. The first-order valence-electron chi connectivity index (χ1n) is 7.45. The largest absolute Gasteiger partial charge is 0.441 e. The summed E-state index contributed by atoms with van der Waals surface area (Å²) in [5.41, 5.74) is 2.61. The minimum Gasteiger partial charge on any atom is -0.441 e. The summed E-state index contributed by atoms with van der Waals surface area (Å²) in [4.78, 5) is 16.5. The summed E-state index contributed by atoms with van der Waals surface area (Å²) in [6, 6.07) is 10.9. The number of nitrogens with one attached hydrogen (secondary N) is 1. The zero-order chi connectivity index (χ0) is 17.4. The Bertz CT molecular complexity index is 1070. The topological polar surface area (TPSA) is 85.8 Å². The average Bonchev–Trinajstić information content (AvgIpc) is 3.21. The van der Waals surface area contributed by atoms with Gasteiger partial charge in [-0.2, -0.15) is 0 Å². The molecule has 0 atom stereocenters. The lowest BCUT2D eigenvalue weighted by atomic mass is 10.3. The minimum atomic E-state index is -0.413. The maximum atomic E-state index is 13.0. The van der Waals surface area contributed by atoms with E-state index < -0.39 is 5.91 Å². The molecule has 7 nitrogen and oxygen atoms in total. The fourth-order valence-corrected chi connectivity index (χ4v) is 2.40. The average molecular weight is 337 g/mol. The highest BCUT2D eigenvalue weighted by molar-refractivity contribution is 6.03. The van der Waals surface area contributed by atoms with Gasteiger partial charge in [0.15, 0.2) is 17.2 Å². The van der Waals surface area contributed by atoms with Gasteiger partial charge >= 0.3 is 0 Å². The van der Waals surface area contributed by atoms with Crippen LogP contribution < -0.4 is 5.32 Å². The predicted molar refractivity (Wildman–Crippen MR) is 88.0 cm³/mol. The van der Waals surface area contributed by atoms with Gasteiger partial charge in [0.1, 0.15) is 11.3 Å². The number of oxazole rings is 1. The Hall–Kier alpha value is -3.55. The van der Waals surface area contributed by atoms with Crippen molar-refractivity contribution >= 4 is 22.7 Å². The molecule has 0 bridgehead atoms. The van der Waals surface area contributed by atoms with Crippen LogP contribution in [0.1, 0.15) is 16.4 Å². The quantitative estimate of drug-likeness (QED) is 0.621. The number of anilines is 1. The Balaban J connectivity index is 1.55. The number of hydrogen-bond donors (Lipinski definition) is 1. The van der Waals surface area contributed by atoms with E-state index >= 15 is 0 Å². The lowest BCUT2D eigenvalue weighted by molar-refractivity contribution is 0.102. The van der Waals surface area contributed by atoms with Gasteiger partial charge in [-0.15, -0.1) is 5.10 Å². The number of carbonyl (C=O) groups is 1. The molecular weight excluding hydrogens is 325 g/mol. The highest BCUT2D eigenvalue weighted by Gasteiger charge is 2.13. The Kier molecular flexibility index (Phi) is 3.50. The van der Waals surface area contributed by atoms with E-state index in [0.29, 0.717) is 22.8 Å². The standard InChI is InChI=1S/C17H12FN5O2/c1-10-19-14-7-4-12(8-16(14)25-10)20-17(24)15-9-23(22-21-15)13-5-2-11(18)3-6-13/h2-9H,1H3,(H,20,24). The second kappa shape index (κ2) is 5.82. The van der Waals surface area contributed by atoms with Gasteiger partial charge in [0.25, 0.3) is 5.91 Å². The van der Waals surface area contributed by atoms with Crippen molar-refractivity contribution in [3.8, 4) is 5.69 Å². The normalized spacial score (nSPS) is 11.0. The second-order valence-corrected chi connectivity index (χ2v) is 5.39. The molecule has 124 valence electrons. The molecule has 0 aliphatic rings. The molecule has 2 aromatic heterocycles. The second-order valence-electron chi connectivity index (χ2n) is 5.39. The molecule has 1 N–H and O–H groups in total. The van der Waals surface area contributed by atoms with Crippen molar-refractivity contribution < 1.29 is 13.6 Å². The molecule has 0 fully saturated rings. The van der Waals surface area contributed by atoms with E-state index in [1.807, 2.05) is 0 Å². The molecular formula is C17H12FN5O2. The van der Waals surface area contributed by atoms with E-state index in [0.717, 1.165) is 5.52 Å². The molecule has 0 radical (unpaired) electrons. The number of aromatic nitrogens is 4. The van der Waals surface area contributed by atoms with E-state index in [9.17, 15) is 9.18 Å². The van der Waals surface area contributed by atoms with Crippen molar-refractivity contribution in [2.75, 3.05) is 5.32 Å². The van der Waals surface area contributed by atoms with Gasteiger partial charge in [0.05, 0.1) is 11.9 Å². The summed E-state index contributed by atoms with van der Waals surface area (Å²) < 4.78 is 19.8. The van der Waals surface area contributed by atoms with E-state index in [1.165, 1.54) is 23.0 Å². The molecule has 4 aromatic rings. The van der Waals surface area contributed by atoms with Gasteiger partial charge in [-0.1, -0.05) is 5.21 Å². The highest BCUT2D eigenvalue weighted by Crippen LogP contribution is 2.20. The molecule has 0 saturated heterocycles. The van der Waals surface area contributed by atoms with Crippen LogP contribution in [0.2, 0.25) is 0 Å². The zero-order valence-corrected chi connectivity index (χ0v) is 13.1. The van der Waals surface area contributed by atoms with Gasteiger partial charge in [-0.25, -0.2) is 14.1 Å². The van der Waals surface area contributed by atoms with Gasteiger partial charge < -0.3 is 9.73 Å².